The van der Waals surface area contributed by atoms with Gasteiger partial charge in [0.25, 0.3) is 5.91 Å². The molecular formula is C10H10N6O2. The topological polar surface area (TPSA) is 126 Å². The van der Waals surface area contributed by atoms with Crippen LogP contribution >= 0.6 is 0 Å². The number of urea groups is 1. The smallest absolute Gasteiger partial charge is 0.316 e. The van der Waals surface area contributed by atoms with Gasteiger partial charge in [0.05, 0.1) is 0 Å². The van der Waals surface area contributed by atoms with E-state index < -0.39 is 11.9 Å². The second kappa shape index (κ2) is 4.95. The quantitative estimate of drug-likeness (QED) is 0.630. The Morgan fingerprint density at radius 2 is 1.72 bits per heavy atom. The van der Waals surface area contributed by atoms with Gasteiger partial charge in [-0.05, 0) is 24.3 Å². The Morgan fingerprint density at radius 3 is 2.22 bits per heavy atom. The highest BCUT2D eigenvalue weighted by molar-refractivity contribution is 6.01. The van der Waals surface area contributed by atoms with Crippen LogP contribution in [-0.2, 0) is 0 Å². The molecule has 0 aliphatic heterocycles. The molecule has 8 nitrogen and oxygen atoms in total. The third-order valence-electron chi connectivity index (χ3n) is 2.04. The highest BCUT2D eigenvalue weighted by Gasteiger charge is 2.08. The van der Waals surface area contributed by atoms with Crippen LogP contribution in [0.2, 0.25) is 0 Å². The summed E-state index contributed by atoms with van der Waals surface area (Å²) in [6.07, 6.45) is 1.24. The van der Waals surface area contributed by atoms with E-state index in [1.807, 2.05) is 0 Å². The number of nitrogens with one attached hydrogen (secondary N) is 3. The first kappa shape index (κ1) is 11.6. The second-order valence-corrected chi connectivity index (χ2v) is 3.35. The summed E-state index contributed by atoms with van der Waals surface area (Å²) in [5, 5.41) is 11.0. The molecular weight excluding hydrogens is 236 g/mol. The molecule has 92 valence electrons. The Balaban J connectivity index is 2.02. The van der Waals surface area contributed by atoms with E-state index in [1.165, 1.54) is 6.33 Å². The number of nitrogens with two attached hydrogens (primary N) is 1. The molecule has 0 spiro atoms. The number of anilines is 2. The van der Waals surface area contributed by atoms with Gasteiger partial charge in [0.1, 0.15) is 6.33 Å². The van der Waals surface area contributed by atoms with Crippen LogP contribution in [0.1, 0.15) is 10.6 Å². The maximum atomic E-state index is 11.6. The highest BCUT2D eigenvalue weighted by Crippen LogP contribution is 2.13. The predicted octanol–water partition coefficient (Wildman–Crippen LogP) is 0.548. The van der Waals surface area contributed by atoms with Gasteiger partial charge < -0.3 is 16.4 Å². The van der Waals surface area contributed by atoms with E-state index in [0.29, 0.717) is 11.4 Å². The zero-order valence-electron chi connectivity index (χ0n) is 9.18. The summed E-state index contributed by atoms with van der Waals surface area (Å²) in [7, 11) is 0. The Labute approximate surface area is 102 Å². The largest absolute Gasteiger partial charge is 0.351 e. The minimum absolute atomic E-state index is 0.120. The summed E-state index contributed by atoms with van der Waals surface area (Å²) >= 11 is 0. The van der Waals surface area contributed by atoms with Gasteiger partial charge in [0.2, 0.25) is 5.82 Å². The molecule has 1 aromatic carbocycles. The van der Waals surface area contributed by atoms with Gasteiger partial charge in [0, 0.05) is 11.4 Å². The number of aromatic amines is 1. The maximum absolute atomic E-state index is 11.6. The molecule has 0 radical (unpaired) electrons. The number of H-pyrrole nitrogens is 1. The minimum Gasteiger partial charge on any atom is -0.351 e. The lowest BCUT2D eigenvalue weighted by atomic mass is 10.3. The van der Waals surface area contributed by atoms with Crippen molar-refractivity contribution in [1.29, 1.82) is 0 Å². The van der Waals surface area contributed by atoms with Gasteiger partial charge in [-0.2, -0.15) is 5.10 Å². The average Bonchev–Trinajstić information content (AvgIpc) is 2.84. The molecule has 0 aliphatic rings. The van der Waals surface area contributed by atoms with Crippen LogP contribution in [0.4, 0.5) is 16.2 Å². The fourth-order valence-electron chi connectivity index (χ4n) is 1.28. The molecule has 1 heterocycles. The summed E-state index contributed by atoms with van der Waals surface area (Å²) in [6.45, 7) is 0. The van der Waals surface area contributed by atoms with Crippen LogP contribution in [0.25, 0.3) is 0 Å². The lowest BCUT2D eigenvalue weighted by Crippen LogP contribution is -2.19. The van der Waals surface area contributed by atoms with Gasteiger partial charge in [-0.25, -0.2) is 9.78 Å². The van der Waals surface area contributed by atoms with Crippen LogP contribution in [0, 0.1) is 0 Å². The number of nitrogens with zero attached hydrogens (tertiary/aromatic N) is 2. The number of benzene rings is 1. The van der Waals surface area contributed by atoms with Crippen molar-refractivity contribution in [2.75, 3.05) is 10.6 Å². The van der Waals surface area contributed by atoms with E-state index in [1.54, 1.807) is 24.3 Å². The molecule has 5 N–H and O–H groups in total. The molecule has 1 aromatic heterocycles. The summed E-state index contributed by atoms with van der Waals surface area (Å²) in [6, 6.07) is 5.83. The summed E-state index contributed by atoms with van der Waals surface area (Å²) in [5.74, 6) is -0.280. The average molecular weight is 246 g/mol. The molecule has 0 aliphatic carbocycles. The van der Waals surface area contributed by atoms with Gasteiger partial charge in [0.15, 0.2) is 0 Å². The van der Waals surface area contributed by atoms with Crippen molar-refractivity contribution < 1.29 is 9.59 Å². The SMILES string of the molecule is NC(=O)Nc1ccc(NC(=O)c2ncn[nH]2)cc1. The Morgan fingerprint density at radius 1 is 1.11 bits per heavy atom. The number of primary amides is 1. The van der Waals surface area contributed by atoms with Crippen LogP contribution in [0.15, 0.2) is 30.6 Å². The van der Waals surface area contributed by atoms with Gasteiger partial charge >= 0.3 is 6.03 Å². The van der Waals surface area contributed by atoms with Crippen molar-refractivity contribution in [3.8, 4) is 0 Å². The lowest BCUT2D eigenvalue weighted by molar-refractivity contribution is 0.101. The summed E-state index contributed by atoms with van der Waals surface area (Å²) < 4.78 is 0. The fourth-order valence-corrected chi connectivity index (χ4v) is 1.28. The Kier molecular flexibility index (Phi) is 3.19. The molecule has 0 atom stereocenters. The molecule has 0 unspecified atom stereocenters. The number of hydrogen-bond acceptors (Lipinski definition) is 4. The molecule has 2 rings (SSSR count). The van der Waals surface area contributed by atoms with Crippen molar-refractivity contribution >= 4 is 23.3 Å². The van der Waals surface area contributed by atoms with E-state index in [9.17, 15) is 9.59 Å². The molecule has 0 saturated carbocycles. The van der Waals surface area contributed by atoms with E-state index in [4.69, 9.17) is 5.73 Å². The third kappa shape index (κ3) is 2.82. The van der Waals surface area contributed by atoms with Crippen molar-refractivity contribution in [2.24, 2.45) is 5.73 Å². The third-order valence-corrected chi connectivity index (χ3v) is 2.04. The first-order valence-electron chi connectivity index (χ1n) is 4.98. The van der Waals surface area contributed by atoms with Gasteiger partial charge in [-0.3, -0.25) is 9.89 Å². The number of carbonyl (C=O) groups excluding carboxylic acids is 2. The molecule has 2 aromatic rings. The lowest BCUT2D eigenvalue weighted by Gasteiger charge is -2.05. The Bertz CT molecular complexity index is 548. The van der Waals surface area contributed by atoms with Crippen molar-refractivity contribution in [3.63, 3.8) is 0 Å². The van der Waals surface area contributed by atoms with Crippen molar-refractivity contribution in [1.82, 2.24) is 15.2 Å². The Hall–Kier alpha value is -2.90. The highest BCUT2D eigenvalue weighted by atomic mass is 16.2. The van der Waals surface area contributed by atoms with Crippen LogP contribution in [0.3, 0.4) is 0 Å². The molecule has 0 bridgehead atoms. The number of aromatic nitrogens is 3. The molecule has 0 fully saturated rings. The zero-order chi connectivity index (χ0) is 13.0. The van der Waals surface area contributed by atoms with E-state index in [2.05, 4.69) is 25.8 Å². The first-order chi connectivity index (χ1) is 8.65. The number of amides is 3. The summed E-state index contributed by atoms with van der Waals surface area (Å²) in [5.41, 5.74) is 6.07. The standard InChI is InChI=1S/C10H10N6O2/c11-10(18)15-7-3-1-6(2-4-7)14-9(17)8-12-5-13-16-8/h1-5H,(H,14,17)(H3,11,15,18)(H,12,13,16). The van der Waals surface area contributed by atoms with E-state index in [0.717, 1.165) is 0 Å². The minimum atomic E-state index is -0.645. The second-order valence-electron chi connectivity index (χ2n) is 3.35. The monoisotopic (exact) mass is 246 g/mol. The summed E-state index contributed by atoms with van der Waals surface area (Å²) in [4.78, 5) is 25.9. The molecule has 0 saturated heterocycles. The number of carbonyl (C=O) groups is 2. The van der Waals surface area contributed by atoms with E-state index >= 15 is 0 Å². The molecule has 3 amide bonds. The number of hydrogen-bond donors (Lipinski definition) is 4. The molecule has 8 heteroatoms. The number of rotatable bonds is 3. The van der Waals surface area contributed by atoms with Crippen LogP contribution < -0.4 is 16.4 Å². The predicted molar refractivity (Wildman–Crippen MR) is 64.0 cm³/mol. The van der Waals surface area contributed by atoms with E-state index in [-0.39, 0.29) is 5.82 Å². The van der Waals surface area contributed by atoms with Crippen molar-refractivity contribution in [3.05, 3.63) is 36.4 Å². The molecule has 18 heavy (non-hydrogen) atoms. The van der Waals surface area contributed by atoms with Crippen LogP contribution in [0.5, 0.6) is 0 Å². The first-order valence-corrected chi connectivity index (χ1v) is 4.98. The fraction of sp³-hybridized carbons (Fsp3) is 0. The van der Waals surface area contributed by atoms with Gasteiger partial charge in [-0.15, -0.1) is 0 Å². The van der Waals surface area contributed by atoms with Crippen LogP contribution in [-0.4, -0.2) is 27.1 Å². The van der Waals surface area contributed by atoms with Crippen molar-refractivity contribution in [2.45, 2.75) is 0 Å². The normalized spacial score (nSPS) is 9.78. The van der Waals surface area contributed by atoms with Gasteiger partial charge in [-0.1, -0.05) is 0 Å². The zero-order valence-corrected chi connectivity index (χ0v) is 9.18. The maximum Gasteiger partial charge on any atom is 0.316 e.